The number of rotatable bonds is 5. The van der Waals surface area contributed by atoms with Gasteiger partial charge in [-0.15, -0.1) is 0 Å². The van der Waals surface area contributed by atoms with Crippen molar-refractivity contribution in [2.75, 3.05) is 25.7 Å². The van der Waals surface area contributed by atoms with E-state index in [1.807, 2.05) is 0 Å². The van der Waals surface area contributed by atoms with Crippen LogP contribution in [0, 0.1) is 0 Å². The Labute approximate surface area is 165 Å². The summed E-state index contributed by atoms with van der Waals surface area (Å²) in [6.45, 7) is -0.0544. The molecule has 0 amide bonds. The van der Waals surface area contributed by atoms with Gasteiger partial charge in [0.15, 0.2) is 28.8 Å². The van der Waals surface area contributed by atoms with Crippen LogP contribution in [0.5, 0.6) is 23.0 Å². The van der Waals surface area contributed by atoms with Gasteiger partial charge in [-0.25, -0.2) is 13.4 Å². The number of fused-ring (bicyclic) bond motifs is 2. The van der Waals surface area contributed by atoms with E-state index < -0.39 is 10.0 Å². The Hall–Kier alpha value is -2.98. The van der Waals surface area contributed by atoms with Crippen LogP contribution in [0.3, 0.4) is 0 Å². The van der Waals surface area contributed by atoms with Gasteiger partial charge in [-0.05, 0) is 29.8 Å². The Bertz CT molecular complexity index is 1190. The van der Waals surface area contributed by atoms with Crippen LogP contribution in [0.15, 0.2) is 35.2 Å². The van der Waals surface area contributed by atoms with Crippen LogP contribution in [0.2, 0.25) is 5.28 Å². The first-order valence-electron chi connectivity index (χ1n) is 7.93. The number of nitrogens with one attached hydrogen (secondary N) is 1. The van der Waals surface area contributed by atoms with Crippen molar-refractivity contribution in [3.63, 3.8) is 0 Å². The molecular formula is C17H14ClN3O6S. The lowest BCUT2D eigenvalue weighted by Crippen LogP contribution is -2.15. The van der Waals surface area contributed by atoms with Crippen LogP contribution in [0.25, 0.3) is 10.9 Å². The fourth-order valence-corrected chi connectivity index (χ4v) is 4.16. The Morgan fingerprint density at radius 3 is 2.61 bits per heavy atom. The number of hydrogen-bond acceptors (Lipinski definition) is 8. The molecule has 3 aromatic rings. The first-order chi connectivity index (χ1) is 13.4. The Balaban J connectivity index is 1.84. The maximum absolute atomic E-state index is 13.0. The van der Waals surface area contributed by atoms with Gasteiger partial charge >= 0.3 is 0 Å². The maximum atomic E-state index is 13.0. The topological polar surface area (TPSA) is 109 Å². The van der Waals surface area contributed by atoms with E-state index in [0.717, 1.165) is 0 Å². The zero-order valence-corrected chi connectivity index (χ0v) is 16.3. The van der Waals surface area contributed by atoms with E-state index >= 15 is 0 Å². The van der Waals surface area contributed by atoms with Crippen LogP contribution in [0.4, 0.5) is 5.82 Å². The molecule has 1 aliphatic heterocycles. The standard InChI is InChI=1S/C17H14ClN3O6S/c1-24-12-6-9-10(7-13(12)25-2)19-17(18)20-16(9)21-28(22,23)14-5-3-4-11-15(14)27-8-26-11/h3-7H,8H2,1-2H3,(H,19,20,21). The van der Waals surface area contributed by atoms with E-state index in [-0.39, 0.29) is 28.5 Å². The molecule has 0 saturated heterocycles. The summed E-state index contributed by atoms with van der Waals surface area (Å²) in [7, 11) is -1.11. The van der Waals surface area contributed by atoms with Crippen LogP contribution >= 0.6 is 11.6 Å². The van der Waals surface area contributed by atoms with Gasteiger partial charge in [0, 0.05) is 11.5 Å². The van der Waals surface area contributed by atoms with Crippen LogP contribution in [-0.4, -0.2) is 39.4 Å². The molecule has 28 heavy (non-hydrogen) atoms. The number of aromatic nitrogens is 2. The van der Waals surface area contributed by atoms with Crippen molar-refractivity contribution >= 4 is 38.3 Å². The molecule has 0 unspecified atom stereocenters. The summed E-state index contributed by atoms with van der Waals surface area (Å²) in [5, 5.41) is 0.255. The quantitative estimate of drug-likeness (QED) is 0.624. The molecule has 1 aliphatic rings. The van der Waals surface area contributed by atoms with E-state index in [4.69, 9.17) is 30.5 Å². The minimum Gasteiger partial charge on any atom is -0.493 e. The highest BCUT2D eigenvalue weighted by Gasteiger charge is 2.27. The Morgan fingerprint density at radius 1 is 1.11 bits per heavy atom. The fourth-order valence-electron chi connectivity index (χ4n) is 2.80. The molecule has 0 atom stereocenters. The van der Waals surface area contributed by atoms with Gasteiger partial charge in [0.2, 0.25) is 12.1 Å². The lowest BCUT2D eigenvalue weighted by molar-refractivity contribution is 0.172. The summed E-state index contributed by atoms with van der Waals surface area (Å²) in [6.07, 6.45) is 0. The molecule has 1 N–H and O–H groups in total. The zero-order valence-electron chi connectivity index (χ0n) is 14.7. The Morgan fingerprint density at radius 2 is 1.86 bits per heavy atom. The summed E-state index contributed by atoms with van der Waals surface area (Å²) < 4.78 is 49.5. The molecule has 0 saturated carbocycles. The zero-order chi connectivity index (χ0) is 19.9. The van der Waals surface area contributed by atoms with Crippen molar-refractivity contribution in [2.24, 2.45) is 0 Å². The number of sulfonamides is 1. The molecule has 9 nitrogen and oxygen atoms in total. The van der Waals surface area contributed by atoms with Crippen molar-refractivity contribution in [3.8, 4) is 23.0 Å². The fraction of sp³-hybridized carbons (Fsp3) is 0.176. The number of anilines is 1. The molecule has 0 radical (unpaired) electrons. The molecule has 0 spiro atoms. The minimum absolute atomic E-state index is 0.00697. The predicted octanol–water partition coefficient (Wildman–Crippen LogP) is 2.83. The van der Waals surface area contributed by atoms with E-state index in [0.29, 0.717) is 28.2 Å². The third-order valence-corrected chi connectivity index (χ3v) is 5.59. The van der Waals surface area contributed by atoms with E-state index in [2.05, 4.69) is 14.7 Å². The average Bonchev–Trinajstić information content (AvgIpc) is 3.15. The highest BCUT2D eigenvalue weighted by molar-refractivity contribution is 7.92. The van der Waals surface area contributed by atoms with Gasteiger partial charge in [0.1, 0.15) is 4.90 Å². The first-order valence-corrected chi connectivity index (χ1v) is 9.80. The highest BCUT2D eigenvalue weighted by Crippen LogP contribution is 2.39. The normalized spacial score (nSPS) is 12.8. The summed E-state index contributed by atoms with van der Waals surface area (Å²) in [6, 6.07) is 7.73. The third-order valence-electron chi connectivity index (χ3n) is 4.05. The second kappa shape index (κ2) is 6.88. The molecule has 11 heteroatoms. The maximum Gasteiger partial charge on any atom is 0.266 e. The smallest absolute Gasteiger partial charge is 0.266 e. The van der Waals surface area contributed by atoms with Crippen LogP contribution in [-0.2, 0) is 10.0 Å². The van der Waals surface area contributed by atoms with E-state index in [9.17, 15) is 8.42 Å². The Kier molecular flexibility index (Phi) is 4.52. The molecule has 0 fully saturated rings. The lowest BCUT2D eigenvalue weighted by Gasteiger charge is -2.13. The number of methoxy groups -OCH3 is 2. The SMILES string of the molecule is COc1cc2nc(Cl)nc(NS(=O)(=O)c3cccc4c3OCO4)c2cc1OC. The first kappa shape index (κ1) is 18.4. The summed E-state index contributed by atoms with van der Waals surface area (Å²) in [5.74, 6) is 1.29. The summed E-state index contributed by atoms with van der Waals surface area (Å²) >= 11 is 5.99. The number of benzene rings is 2. The molecule has 2 aromatic carbocycles. The number of para-hydroxylation sites is 1. The number of hydrogen-bond donors (Lipinski definition) is 1. The van der Waals surface area contributed by atoms with Crippen molar-refractivity contribution in [2.45, 2.75) is 4.90 Å². The molecule has 1 aromatic heterocycles. The van der Waals surface area contributed by atoms with Gasteiger partial charge < -0.3 is 18.9 Å². The second-order valence-corrected chi connectivity index (χ2v) is 7.65. The molecule has 0 aliphatic carbocycles. The van der Waals surface area contributed by atoms with Gasteiger partial charge in [0.25, 0.3) is 10.0 Å². The van der Waals surface area contributed by atoms with E-state index in [1.165, 1.54) is 20.3 Å². The van der Waals surface area contributed by atoms with Crippen molar-refractivity contribution in [1.29, 1.82) is 0 Å². The average molecular weight is 424 g/mol. The predicted molar refractivity (Wildman–Crippen MR) is 101 cm³/mol. The summed E-state index contributed by atoms with van der Waals surface area (Å²) in [5.41, 5.74) is 0.383. The largest absolute Gasteiger partial charge is 0.493 e. The molecule has 146 valence electrons. The number of nitrogens with zero attached hydrogens (tertiary/aromatic N) is 2. The third kappa shape index (κ3) is 3.10. The van der Waals surface area contributed by atoms with Crippen LogP contribution in [0.1, 0.15) is 0 Å². The van der Waals surface area contributed by atoms with Gasteiger partial charge in [0.05, 0.1) is 19.7 Å². The minimum atomic E-state index is -4.06. The van der Waals surface area contributed by atoms with Crippen LogP contribution < -0.4 is 23.7 Å². The monoisotopic (exact) mass is 423 g/mol. The molecular weight excluding hydrogens is 410 g/mol. The van der Waals surface area contributed by atoms with Gasteiger partial charge in [-0.2, -0.15) is 4.98 Å². The van der Waals surface area contributed by atoms with Crippen molar-refractivity contribution in [3.05, 3.63) is 35.6 Å². The molecule has 2 heterocycles. The van der Waals surface area contributed by atoms with Crippen molar-refractivity contribution < 1.29 is 27.4 Å². The summed E-state index contributed by atoms with van der Waals surface area (Å²) in [4.78, 5) is 8.07. The highest BCUT2D eigenvalue weighted by atomic mass is 35.5. The number of ether oxygens (including phenoxy) is 4. The molecule has 0 bridgehead atoms. The number of halogens is 1. The van der Waals surface area contributed by atoms with E-state index in [1.54, 1.807) is 24.3 Å². The second-order valence-electron chi connectivity index (χ2n) is 5.66. The van der Waals surface area contributed by atoms with Gasteiger partial charge in [-0.3, -0.25) is 4.72 Å². The van der Waals surface area contributed by atoms with Crippen molar-refractivity contribution in [1.82, 2.24) is 9.97 Å². The van der Waals surface area contributed by atoms with Gasteiger partial charge in [-0.1, -0.05) is 6.07 Å². The lowest BCUT2D eigenvalue weighted by atomic mass is 10.2. The molecule has 4 rings (SSSR count).